The summed E-state index contributed by atoms with van der Waals surface area (Å²) in [6, 6.07) is 0. The van der Waals surface area contributed by atoms with E-state index in [4.69, 9.17) is 0 Å². The standard InChI is InChI=1S/C5H3N2S/c1-2-7-3-4-8-5(7)6-1/h1,3-4H. The maximum atomic E-state index is 4.00. The molecule has 2 rings (SSSR count). The molecule has 1 radical (unpaired) electrons. The second kappa shape index (κ2) is 1.32. The first kappa shape index (κ1) is 4.09. The number of rotatable bonds is 0. The van der Waals surface area contributed by atoms with Gasteiger partial charge in [-0.05, 0) is 0 Å². The largest absolute Gasteiger partial charge is 0.289 e. The van der Waals surface area contributed by atoms with Gasteiger partial charge in [0.1, 0.15) is 0 Å². The minimum absolute atomic E-state index is 1.00. The number of hydrogen-bond acceptors (Lipinski definition) is 2. The fourth-order valence-electron chi connectivity index (χ4n) is 0.610. The Labute approximate surface area is 50.4 Å². The molecule has 0 saturated heterocycles. The molecule has 0 aliphatic carbocycles. The highest BCUT2D eigenvalue weighted by Gasteiger charge is 1.89. The molecule has 0 spiro atoms. The van der Waals surface area contributed by atoms with Gasteiger partial charge in [-0.15, -0.1) is 11.3 Å². The van der Waals surface area contributed by atoms with Crippen molar-refractivity contribution in [2.75, 3.05) is 0 Å². The Balaban J connectivity index is 3.06. The van der Waals surface area contributed by atoms with Crippen LogP contribution in [0.15, 0.2) is 17.8 Å². The molecule has 2 heterocycles. The highest BCUT2D eigenvalue weighted by Crippen LogP contribution is 2.05. The first-order valence-electron chi connectivity index (χ1n) is 2.25. The van der Waals surface area contributed by atoms with Crippen molar-refractivity contribution in [2.24, 2.45) is 0 Å². The van der Waals surface area contributed by atoms with E-state index in [1.165, 1.54) is 0 Å². The molecule has 2 aromatic rings. The Kier molecular flexibility index (Phi) is 0.676. The van der Waals surface area contributed by atoms with Gasteiger partial charge in [0.05, 0.1) is 12.4 Å². The number of imidazole rings is 1. The van der Waals surface area contributed by atoms with Crippen LogP contribution >= 0.6 is 11.3 Å². The normalized spacial score (nSPS) is 10.5. The summed E-state index contributed by atoms with van der Waals surface area (Å²) < 4.78 is 1.87. The number of aromatic nitrogens is 2. The third kappa shape index (κ3) is 0.391. The molecule has 2 aromatic heterocycles. The Morgan fingerprint density at radius 1 is 1.75 bits per heavy atom. The van der Waals surface area contributed by atoms with Crippen LogP contribution in [-0.4, -0.2) is 9.38 Å². The number of hydrogen-bond donors (Lipinski definition) is 0. The average Bonchev–Trinajstić information content (AvgIpc) is 2.15. The number of fused-ring (bicyclic) bond motifs is 1. The molecule has 39 valence electrons. The second-order valence-corrected chi connectivity index (χ2v) is 2.32. The van der Waals surface area contributed by atoms with E-state index < -0.39 is 0 Å². The van der Waals surface area contributed by atoms with Crippen LogP contribution in [0.4, 0.5) is 0 Å². The molecular weight excluding hydrogens is 120 g/mol. The van der Waals surface area contributed by atoms with Crippen LogP contribution in [0.25, 0.3) is 4.96 Å². The van der Waals surface area contributed by atoms with Gasteiger partial charge in [-0.3, -0.25) is 4.40 Å². The molecular formula is C5H3N2S. The zero-order valence-corrected chi connectivity index (χ0v) is 4.85. The van der Waals surface area contributed by atoms with Crippen LogP contribution in [0.2, 0.25) is 0 Å². The van der Waals surface area contributed by atoms with E-state index in [-0.39, 0.29) is 0 Å². The molecule has 8 heavy (non-hydrogen) atoms. The summed E-state index contributed by atoms with van der Waals surface area (Å²) in [5.41, 5.74) is 0. The molecule has 0 unspecified atom stereocenters. The molecule has 0 bridgehead atoms. The van der Waals surface area contributed by atoms with Crippen LogP contribution in [0.5, 0.6) is 0 Å². The van der Waals surface area contributed by atoms with E-state index in [1.807, 2.05) is 16.0 Å². The van der Waals surface area contributed by atoms with Crippen molar-refractivity contribution in [1.29, 1.82) is 0 Å². The highest BCUT2D eigenvalue weighted by molar-refractivity contribution is 7.15. The topological polar surface area (TPSA) is 17.3 Å². The Morgan fingerprint density at radius 3 is 3.62 bits per heavy atom. The Bertz CT molecular complexity index is 232. The monoisotopic (exact) mass is 123 g/mol. The molecule has 0 atom stereocenters. The summed E-state index contributed by atoms with van der Waals surface area (Å²) in [4.78, 5) is 5.01. The van der Waals surface area contributed by atoms with Crippen molar-refractivity contribution in [3.63, 3.8) is 0 Å². The predicted octanol–water partition coefficient (Wildman–Crippen LogP) is 1.20. The second-order valence-electron chi connectivity index (χ2n) is 1.44. The third-order valence-corrected chi connectivity index (χ3v) is 1.73. The van der Waals surface area contributed by atoms with Crippen LogP contribution < -0.4 is 0 Å². The minimum atomic E-state index is 1.00. The van der Waals surface area contributed by atoms with Crippen molar-refractivity contribution in [3.05, 3.63) is 24.0 Å². The van der Waals surface area contributed by atoms with Gasteiger partial charge in [-0.25, -0.2) is 4.98 Å². The average molecular weight is 123 g/mol. The van der Waals surface area contributed by atoms with Crippen molar-refractivity contribution in [3.8, 4) is 0 Å². The highest BCUT2D eigenvalue weighted by atomic mass is 32.1. The van der Waals surface area contributed by atoms with Gasteiger partial charge < -0.3 is 0 Å². The van der Waals surface area contributed by atoms with Crippen LogP contribution in [0.3, 0.4) is 0 Å². The lowest BCUT2D eigenvalue weighted by Gasteiger charge is -1.70. The lowest BCUT2D eigenvalue weighted by molar-refractivity contribution is 1.22. The molecule has 0 aliphatic rings. The maximum Gasteiger partial charge on any atom is 0.194 e. The van der Waals surface area contributed by atoms with E-state index in [0.717, 1.165) is 4.96 Å². The van der Waals surface area contributed by atoms with Crippen molar-refractivity contribution >= 4 is 16.3 Å². The van der Waals surface area contributed by atoms with E-state index in [0.29, 0.717) is 0 Å². The molecule has 0 amide bonds. The molecule has 3 heteroatoms. The first-order valence-corrected chi connectivity index (χ1v) is 3.13. The Hall–Kier alpha value is -0.830. The van der Waals surface area contributed by atoms with Crippen molar-refractivity contribution < 1.29 is 0 Å². The van der Waals surface area contributed by atoms with Crippen molar-refractivity contribution in [1.82, 2.24) is 9.38 Å². The zero-order valence-electron chi connectivity index (χ0n) is 4.03. The quantitative estimate of drug-likeness (QED) is 0.514. The molecule has 0 saturated carbocycles. The molecule has 2 nitrogen and oxygen atoms in total. The summed E-state index contributed by atoms with van der Waals surface area (Å²) in [6.07, 6.45) is 6.53. The zero-order chi connectivity index (χ0) is 5.40. The van der Waals surface area contributed by atoms with Gasteiger partial charge in [-0.1, -0.05) is 0 Å². The summed E-state index contributed by atoms with van der Waals surface area (Å²) in [5.74, 6) is 0. The van der Waals surface area contributed by atoms with E-state index in [9.17, 15) is 0 Å². The summed E-state index contributed by atoms with van der Waals surface area (Å²) in [7, 11) is 0. The van der Waals surface area contributed by atoms with Crippen LogP contribution in [0, 0.1) is 6.20 Å². The summed E-state index contributed by atoms with van der Waals surface area (Å²) in [6.45, 7) is 0. The maximum absolute atomic E-state index is 4.00. The summed E-state index contributed by atoms with van der Waals surface area (Å²) in [5, 5.41) is 1.98. The predicted molar refractivity (Wildman–Crippen MR) is 31.9 cm³/mol. The fourth-order valence-corrected chi connectivity index (χ4v) is 1.25. The van der Waals surface area contributed by atoms with Gasteiger partial charge in [0.15, 0.2) is 4.96 Å². The van der Waals surface area contributed by atoms with Gasteiger partial charge in [-0.2, -0.15) is 0 Å². The number of thiazole rings is 1. The fraction of sp³-hybridized carbons (Fsp3) is 0. The molecule has 0 fully saturated rings. The van der Waals surface area contributed by atoms with Crippen LogP contribution in [-0.2, 0) is 0 Å². The number of nitrogens with zero attached hydrogens (tertiary/aromatic N) is 2. The van der Waals surface area contributed by atoms with Crippen molar-refractivity contribution in [2.45, 2.75) is 0 Å². The molecule has 0 N–H and O–H groups in total. The Morgan fingerprint density at radius 2 is 2.75 bits per heavy atom. The van der Waals surface area contributed by atoms with Gasteiger partial charge in [0.2, 0.25) is 0 Å². The van der Waals surface area contributed by atoms with E-state index in [2.05, 4.69) is 11.2 Å². The van der Waals surface area contributed by atoms with E-state index >= 15 is 0 Å². The third-order valence-electron chi connectivity index (χ3n) is 0.961. The smallest absolute Gasteiger partial charge is 0.194 e. The molecule has 0 aromatic carbocycles. The van der Waals surface area contributed by atoms with E-state index in [1.54, 1.807) is 17.5 Å². The molecule has 0 aliphatic heterocycles. The first-order chi connectivity index (χ1) is 3.97. The lowest BCUT2D eigenvalue weighted by Crippen LogP contribution is -1.67. The van der Waals surface area contributed by atoms with Gasteiger partial charge >= 0.3 is 0 Å². The SMILES string of the molecule is [c]1cnc2sccn12. The van der Waals surface area contributed by atoms with Crippen LogP contribution in [0.1, 0.15) is 0 Å². The van der Waals surface area contributed by atoms with Gasteiger partial charge in [0, 0.05) is 11.6 Å². The van der Waals surface area contributed by atoms with Gasteiger partial charge in [0.25, 0.3) is 0 Å². The summed E-state index contributed by atoms with van der Waals surface area (Å²) >= 11 is 1.61. The minimum Gasteiger partial charge on any atom is -0.289 e. The lowest BCUT2D eigenvalue weighted by atomic mass is 10.9.